The molecule has 1 saturated carbocycles. The van der Waals surface area contributed by atoms with Crippen LogP contribution in [0, 0.1) is 17.2 Å². The maximum Gasteiger partial charge on any atom is 0.408 e. The Morgan fingerprint density at radius 2 is 1.76 bits per heavy atom. The molecule has 1 unspecified atom stereocenters. The summed E-state index contributed by atoms with van der Waals surface area (Å²) in [6.45, 7) is 5.86. The quantitative estimate of drug-likeness (QED) is 0.694. The molecule has 0 aliphatic heterocycles. The predicted octanol–water partition coefficient (Wildman–Crippen LogP) is 3.53. The molecule has 1 fully saturated rings. The van der Waals surface area contributed by atoms with Gasteiger partial charge < -0.3 is 20.1 Å². The number of nitriles is 1. The van der Waals surface area contributed by atoms with E-state index in [0.29, 0.717) is 11.3 Å². The molecule has 2 rings (SSSR count). The Hall–Kier alpha value is -2.75. The van der Waals surface area contributed by atoms with Crippen molar-refractivity contribution in [1.29, 1.82) is 5.26 Å². The lowest BCUT2D eigenvalue weighted by Crippen LogP contribution is -2.53. The second-order valence-electron chi connectivity index (χ2n) is 7.89. The van der Waals surface area contributed by atoms with Crippen LogP contribution in [0.4, 0.5) is 4.79 Å². The van der Waals surface area contributed by atoms with E-state index >= 15 is 0 Å². The van der Waals surface area contributed by atoms with Crippen LogP contribution in [0.2, 0.25) is 0 Å². The molecule has 1 aromatic carbocycles. The fourth-order valence-corrected chi connectivity index (χ4v) is 3.25. The molecular weight excluding hydrogens is 370 g/mol. The topological polar surface area (TPSA) is 100 Å². The van der Waals surface area contributed by atoms with Crippen molar-refractivity contribution in [3.05, 3.63) is 29.8 Å². The molecule has 7 nitrogen and oxygen atoms in total. The monoisotopic (exact) mass is 401 g/mol. The molecule has 0 bridgehead atoms. The number of nitrogens with one attached hydrogen (secondary N) is 2. The first-order chi connectivity index (χ1) is 13.9. The minimum absolute atomic E-state index is 0.0561. The molecule has 1 aliphatic rings. The van der Waals surface area contributed by atoms with Crippen molar-refractivity contribution in [3.63, 3.8) is 0 Å². The van der Waals surface area contributed by atoms with Crippen molar-refractivity contribution >= 4 is 12.0 Å². The van der Waals surface area contributed by atoms with Crippen LogP contribution < -0.4 is 15.4 Å². The zero-order chi connectivity index (χ0) is 21.2. The first-order valence-corrected chi connectivity index (χ1v) is 10.3. The Balaban J connectivity index is 1.80. The van der Waals surface area contributed by atoms with E-state index in [4.69, 9.17) is 14.7 Å². The molecule has 158 valence electrons. The SMILES string of the molecule is CC(COc1ccc(C#N)cc1)NC(=O)[C@@H](NC(=O)OC1CCCCC1)C(C)C. The largest absolute Gasteiger partial charge is 0.491 e. The highest BCUT2D eigenvalue weighted by atomic mass is 16.6. The fraction of sp³-hybridized carbons (Fsp3) is 0.591. The lowest BCUT2D eigenvalue weighted by Gasteiger charge is -2.26. The summed E-state index contributed by atoms with van der Waals surface area (Å²) in [4.78, 5) is 24.9. The molecule has 2 atom stereocenters. The van der Waals surface area contributed by atoms with Crippen LogP contribution in [-0.2, 0) is 9.53 Å². The number of rotatable bonds is 8. The molecule has 0 aromatic heterocycles. The highest BCUT2D eigenvalue weighted by molar-refractivity contribution is 5.86. The zero-order valence-corrected chi connectivity index (χ0v) is 17.4. The van der Waals surface area contributed by atoms with Crippen molar-refractivity contribution in [1.82, 2.24) is 10.6 Å². The van der Waals surface area contributed by atoms with Gasteiger partial charge >= 0.3 is 6.09 Å². The van der Waals surface area contributed by atoms with Gasteiger partial charge in [-0.2, -0.15) is 5.26 Å². The van der Waals surface area contributed by atoms with Crippen molar-refractivity contribution in [2.75, 3.05) is 6.61 Å². The molecule has 7 heteroatoms. The molecular formula is C22H31N3O4. The van der Waals surface area contributed by atoms with Gasteiger partial charge in [0.2, 0.25) is 5.91 Å². The van der Waals surface area contributed by atoms with Gasteiger partial charge in [-0.05, 0) is 62.8 Å². The molecule has 29 heavy (non-hydrogen) atoms. The van der Waals surface area contributed by atoms with Crippen LogP contribution in [-0.4, -0.2) is 36.8 Å². The first kappa shape index (κ1) is 22.5. The average Bonchev–Trinajstić information content (AvgIpc) is 2.71. The second-order valence-corrected chi connectivity index (χ2v) is 7.89. The average molecular weight is 402 g/mol. The number of alkyl carbamates (subject to hydrolysis) is 1. The molecule has 1 aliphatic carbocycles. The Morgan fingerprint density at radius 1 is 1.10 bits per heavy atom. The third-order valence-corrected chi connectivity index (χ3v) is 4.92. The minimum atomic E-state index is -0.677. The summed E-state index contributed by atoms with van der Waals surface area (Å²) in [5.41, 5.74) is 0.560. The van der Waals surface area contributed by atoms with Crippen LogP contribution in [0.5, 0.6) is 5.75 Å². The molecule has 1 aromatic rings. The number of amides is 2. The Kier molecular flexibility index (Phi) is 8.78. The van der Waals surface area contributed by atoms with Gasteiger partial charge in [0.05, 0.1) is 17.7 Å². The standard InChI is InChI=1S/C22H31N3O4/c1-15(2)20(25-22(27)29-19-7-5-4-6-8-19)21(26)24-16(3)14-28-18-11-9-17(13-23)10-12-18/h9-12,15-16,19-20H,4-8,14H2,1-3H3,(H,24,26)(H,25,27)/t16?,20-/m0/s1. The van der Waals surface area contributed by atoms with Crippen molar-refractivity contribution in [3.8, 4) is 11.8 Å². The Labute approximate surface area is 172 Å². The van der Waals surface area contributed by atoms with Gasteiger partial charge in [0.25, 0.3) is 0 Å². The normalized spacial score (nSPS) is 16.4. The van der Waals surface area contributed by atoms with Crippen LogP contribution in [0.1, 0.15) is 58.4 Å². The highest BCUT2D eigenvalue weighted by Crippen LogP contribution is 2.20. The van der Waals surface area contributed by atoms with Gasteiger partial charge in [-0.15, -0.1) is 0 Å². The summed E-state index contributed by atoms with van der Waals surface area (Å²) in [6.07, 6.45) is 4.50. The van der Waals surface area contributed by atoms with E-state index in [1.54, 1.807) is 24.3 Å². The molecule has 0 saturated heterocycles. The Bertz CT molecular complexity index is 706. The van der Waals surface area contributed by atoms with Crippen LogP contribution in [0.25, 0.3) is 0 Å². The van der Waals surface area contributed by atoms with E-state index in [9.17, 15) is 9.59 Å². The number of carbonyl (C=O) groups excluding carboxylic acids is 2. The second kappa shape index (κ2) is 11.3. The predicted molar refractivity (Wildman–Crippen MR) is 109 cm³/mol. The Morgan fingerprint density at radius 3 is 2.34 bits per heavy atom. The van der Waals surface area contributed by atoms with Gasteiger partial charge in [-0.25, -0.2) is 4.79 Å². The highest BCUT2D eigenvalue weighted by Gasteiger charge is 2.27. The first-order valence-electron chi connectivity index (χ1n) is 10.3. The van der Waals surface area contributed by atoms with Crippen molar-refractivity contribution in [2.45, 2.75) is 71.1 Å². The van der Waals surface area contributed by atoms with Crippen LogP contribution in [0.3, 0.4) is 0 Å². The lowest BCUT2D eigenvalue weighted by molar-refractivity contribution is -0.125. The van der Waals surface area contributed by atoms with Crippen molar-refractivity contribution in [2.24, 2.45) is 5.92 Å². The molecule has 2 amide bonds. The number of benzene rings is 1. The van der Waals surface area contributed by atoms with E-state index in [2.05, 4.69) is 16.7 Å². The van der Waals surface area contributed by atoms with Gasteiger partial charge in [-0.3, -0.25) is 4.79 Å². The molecule has 0 heterocycles. The summed E-state index contributed by atoms with van der Waals surface area (Å²) in [7, 11) is 0. The number of hydrogen-bond donors (Lipinski definition) is 2. The van der Waals surface area contributed by atoms with E-state index in [1.807, 2.05) is 20.8 Å². The van der Waals surface area contributed by atoms with Gasteiger partial charge in [0.1, 0.15) is 24.5 Å². The number of hydrogen-bond acceptors (Lipinski definition) is 5. The summed E-state index contributed by atoms with van der Waals surface area (Å²) in [6, 6.07) is 7.90. The third kappa shape index (κ3) is 7.65. The summed E-state index contributed by atoms with van der Waals surface area (Å²) in [5.74, 6) is 0.275. The minimum Gasteiger partial charge on any atom is -0.491 e. The number of carbonyl (C=O) groups is 2. The maximum absolute atomic E-state index is 12.6. The van der Waals surface area contributed by atoms with Gasteiger partial charge in [0.15, 0.2) is 0 Å². The smallest absolute Gasteiger partial charge is 0.408 e. The van der Waals surface area contributed by atoms with E-state index in [1.165, 1.54) is 6.42 Å². The summed E-state index contributed by atoms with van der Waals surface area (Å²) >= 11 is 0. The summed E-state index contributed by atoms with van der Waals surface area (Å²) < 4.78 is 11.1. The maximum atomic E-state index is 12.6. The lowest BCUT2D eigenvalue weighted by atomic mass is 9.98. The zero-order valence-electron chi connectivity index (χ0n) is 17.4. The third-order valence-electron chi connectivity index (χ3n) is 4.92. The molecule has 2 N–H and O–H groups in total. The number of ether oxygens (including phenoxy) is 2. The molecule has 0 radical (unpaired) electrons. The fourth-order valence-electron chi connectivity index (χ4n) is 3.25. The van der Waals surface area contributed by atoms with Crippen LogP contribution >= 0.6 is 0 Å². The molecule has 0 spiro atoms. The van der Waals surface area contributed by atoms with Gasteiger partial charge in [-0.1, -0.05) is 20.3 Å². The summed E-state index contributed by atoms with van der Waals surface area (Å²) in [5, 5.41) is 14.4. The van der Waals surface area contributed by atoms with Crippen molar-refractivity contribution < 1.29 is 19.1 Å². The number of nitrogens with zero attached hydrogens (tertiary/aromatic N) is 1. The van der Waals surface area contributed by atoms with E-state index in [-0.39, 0.29) is 30.6 Å². The van der Waals surface area contributed by atoms with E-state index < -0.39 is 12.1 Å². The van der Waals surface area contributed by atoms with Crippen LogP contribution in [0.15, 0.2) is 24.3 Å². The van der Waals surface area contributed by atoms with Gasteiger partial charge in [0, 0.05) is 0 Å². The van der Waals surface area contributed by atoms with E-state index in [0.717, 1.165) is 25.7 Å².